The zero-order chi connectivity index (χ0) is 16.2. The molecule has 1 N–H and O–H groups in total. The van der Waals surface area contributed by atoms with Crippen LogP contribution in [0.4, 0.5) is 0 Å². The minimum Gasteiger partial charge on any atom is -0.387 e. The van der Waals surface area contributed by atoms with Crippen molar-refractivity contribution >= 4 is 11.6 Å². The Morgan fingerprint density at radius 3 is 2.26 bits per heavy atom. The van der Waals surface area contributed by atoms with Crippen molar-refractivity contribution in [2.45, 2.75) is 37.6 Å². The number of Topliss-reactive ketones (excluding diaryl/α,β-unsaturated/α-hetero) is 2. The molecule has 4 heteroatoms. The van der Waals surface area contributed by atoms with Gasteiger partial charge in [0, 0.05) is 25.1 Å². The number of nitrogens with one attached hydrogen (secondary N) is 1. The van der Waals surface area contributed by atoms with Crippen LogP contribution >= 0.6 is 0 Å². The Hall–Kier alpha value is -1.94. The summed E-state index contributed by atoms with van der Waals surface area (Å²) in [6.45, 7) is 2.11. The minimum atomic E-state index is -0.0319. The molecule has 0 unspecified atom stereocenters. The van der Waals surface area contributed by atoms with Gasteiger partial charge in [-0.05, 0) is 44.5 Å². The Bertz CT molecular complexity index is 581. The summed E-state index contributed by atoms with van der Waals surface area (Å²) >= 11 is 0. The predicted molar refractivity (Wildman–Crippen MR) is 90.2 cm³/mol. The van der Waals surface area contributed by atoms with Gasteiger partial charge < -0.3 is 10.2 Å². The van der Waals surface area contributed by atoms with Crippen LogP contribution < -0.4 is 5.32 Å². The van der Waals surface area contributed by atoms with Crippen LogP contribution in [0.1, 0.15) is 37.2 Å². The van der Waals surface area contributed by atoms with Crippen LogP contribution in [0, 0.1) is 0 Å². The molecule has 1 heterocycles. The van der Waals surface area contributed by atoms with Crippen molar-refractivity contribution in [1.29, 1.82) is 0 Å². The van der Waals surface area contributed by atoms with Crippen molar-refractivity contribution in [2.24, 2.45) is 0 Å². The van der Waals surface area contributed by atoms with E-state index in [0.717, 1.165) is 31.5 Å². The number of rotatable bonds is 3. The zero-order valence-corrected chi connectivity index (χ0v) is 13.6. The first-order chi connectivity index (χ1) is 11.1. The Morgan fingerprint density at radius 2 is 1.65 bits per heavy atom. The van der Waals surface area contributed by atoms with Gasteiger partial charge in [-0.2, -0.15) is 0 Å². The smallest absolute Gasteiger partial charge is 0.168 e. The summed E-state index contributed by atoms with van der Waals surface area (Å²) in [4.78, 5) is 27.1. The van der Waals surface area contributed by atoms with Crippen LogP contribution in [0.2, 0.25) is 0 Å². The molecule has 2 fully saturated rings. The maximum atomic E-state index is 12.4. The Balaban J connectivity index is 1.63. The van der Waals surface area contributed by atoms with Gasteiger partial charge in [0.15, 0.2) is 11.6 Å². The average molecular weight is 312 g/mol. The molecule has 1 aliphatic heterocycles. The van der Waals surface area contributed by atoms with E-state index in [1.807, 2.05) is 30.3 Å². The minimum absolute atomic E-state index is 0.0247. The van der Waals surface area contributed by atoms with E-state index in [2.05, 4.69) is 17.3 Å². The van der Waals surface area contributed by atoms with Gasteiger partial charge >= 0.3 is 0 Å². The maximum absolute atomic E-state index is 12.4. The lowest BCUT2D eigenvalue weighted by atomic mass is 9.80. The number of carbonyl (C=O) groups excluding carboxylic acids is 2. The van der Waals surface area contributed by atoms with Crippen LogP contribution in [0.3, 0.4) is 0 Å². The summed E-state index contributed by atoms with van der Waals surface area (Å²) in [6.07, 6.45) is 4.64. The monoisotopic (exact) mass is 312 g/mol. The van der Waals surface area contributed by atoms with E-state index in [-0.39, 0.29) is 17.5 Å². The highest BCUT2D eigenvalue weighted by molar-refractivity contribution is 6.22. The molecule has 4 nitrogen and oxygen atoms in total. The highest BCUT2D eigenvalue weighted by Crippen LogP contribution is 2.31. The van der Waals surface area contributed by atoms with Gasteiger partial charge in [-0.3, -0.25) is 9.59 Å². The van der Waals surface area contributed by atoms with E-state index in [0.29, 0.717) is 24.5 Å². The third-order valence-electron chi connectivity index (χ3n) is 4.92. The molecule has 0 aromatic heterocycles. The van der Waals surface area contributed by atoms with Crippen LogP contribution in [0.5, 0.6) is 0 Å². The van der Waals surface area contributed by atoms with Crippen molar-refractivity contribution in [2.75, 3.05) is 20.1 Å². The van der Waals surface area contributed by atoms with Crippen molar-refractivity contribution in [3.63, 3.8) is 0 Å². The summed E-state index contributed by atoms with van der Waals surface area (Å²) in [5.41, 5.74) is 1.44. The molecule has 0 atom stereocenters. The average Bonchev–Trinajstić information content (AvgIpc) is 2.56. The number of benzene rings is 1. The molecule has 1 aromatic carbocycles. The molecule has 1 saturated heterocycles. The van der Waals surface area contributed by atoms with Crippen molar-refractivity contribution in [3.05, 3.63) is 47.7 Å². The number of allylic oxidation sites excluding steroid dienone is 1. The van der Waals surface area contributed by atoms with Crippen molar-refractivity contribution in [1.82, 2.24) is 10.2 Å². The highest BCUT2D eigenvalue weighted by Gasteiger charge is 2.31. The lowest BCUT2D eigenvalue weighted by molar-refractivity contribution is -0.124. The van der Waals surface area contributed by atoms with Gasteiger partial charge in [0.2, 0.25) is 0 Å². The molecule has 23 heavy (non-hydrogen) atoms. The standard InChI is InChI=1S/C19H24N2O2/c1-21-9-7-16(8-10-21)20-13-17-18(22)11-15(12-19(17)23)14-5-3-2-4-6-14/h2-6,13,15-16,20H,7-12H2,1H3. The summed E-state index contributed by atoms with van der Waals surface area (Å²) in [5, 5.41) is 3.30. The fraction of sp³-hybridized carbons (Fsp3) is 0.474. The molecular weight excluding hydrogens is 288 g/mol. The predicted octanol–water partition coefficient (Wildman–Crippen LogP) is 2.27. The highest BCUT2D eigenvalue weighted by atomic mass is 16.1. The molecule has 1 aliphatic carbocycles. The number of likely N-dealkylation sites (tertiary alicyclic amines) is 1. The first-order valence-corrected chi connectivity index (χ1v) is 8.39. The number of piperidine rings is 1. The normalized spacial score (nSPS) is 23.9. The fourth-order valence-electron chi connectivity index (χ4n) is 3.39. The molecule has 2 aliphatic rings. The first-order valence-electron chi connectivity index (χ1n) is 8.39. The van der Waals surface area contributed by atoms with E-state index in [1.165, 1.54) is 0 Å². The number of nitrogens with zero attached hydrogens (tertiary/aromatic N) is 1. The molecule has 122 valence electrons. The van der Waals surface area contributed by atoms with E-state index in [1.54, 1.807) is 6.20 Å². The van der Waals surface area contributed by atoms with E-state index in [4.69, 9.17) is 0 Å². The fourth-order valence-corrected chi connectivity index (χ4v) is 3.39. The molecule has 1 saturated carbocycles. The summed E-state index contributed by atoms with van der Waals surface area (Å²) in [6, 6.07) is 10.2. The third-order valence-corrected chi connectivity index (χ3v) is 4.92. The molecule has 0 spiro atoms. The summed E-state index contributed by atoms with van der Waals surface area (Å²) in [7, 11) is 2.12. The Kier molecular flexibility index (Phi) is 4.91. The Labute approximate surface area is 137 Å². The second kappa shape index (κ2) is 7.09. The van der Waals surface area contributed by atoms with E-state index >= 15 is 0 Å². The molecule has 0 radical (unpaired) electrons. The number of carbonyl (C=O) groups is 2. The lowest BCUT2D eigenvalue weighted by Crippen LogP contribution is -2.39. The van der Waals surface area contributed by atoms with Crippen LogP contribution in [0.25, 0.3) is 0 Å². The van der Waals surface area contributed by atoms with Gasteiger partial charge in [-0.15, -0.1) is 0 Å². The molecule has 1 aromatic rings. The van der Waals surface area contributed by atoms with Crippen molar-refractivity contribution < 1.29 is 9.59 Å². The zero-order valence-electron chi connectivity index (χ0n) is 13.6. The topological polar surface area (TPSA) is 49.4 Å². The largest absolute Gasteiger partial charge is 0.387 e. The number of hydrogen-bond donors (Lipinski definition) is 1. The van der Waals surface area contributed by atoms with E-state index in [9.17, 15) is 9.59 Å². The molecular formula is C19H24N2O2. The van der Waals surface area contributed by atoms with Gasteiger partial charge in [0.05, 0.1) is 5.57 Å². The molecule has 3 rings (SSSR count). The Morgan fingerprint density at radius 1 is 1.04 bits per heavy atom. The van der Waals surface area contributed by atoms with Gasteiger partial charge in [-0.25, -0.2) is 0 Å². The maximum Gasteiger partial charge on any atom is 0.168 e. The van der Waals surface area contributed by atoms with Gasteiger partial charge in [-0.1, -0.05) is 30.3 Å². The van der Waals surface area contributed by atoms with Gasteiger partial charge in [0.25, 0.3) is 0 Å². The van der Waals surface area contributed by atoms with Gasteiger partial charge in [0.1, 0.15) is 0 Å². The molecule has 0 amide bonds. The first kappa shape index (κ1) is 15.9. The van der Waals surface area contributed by atoms with Crippen LogP contribution in [0.15, 0.2) is 42.1 Å². The van der Waals surface area contributed by atoms with Crippen LogP contribution in [-0.2, 0) is 9.59 Å². The number of hydrogen-bond acceptors (Lipinski definition) is 4. The summed E-state index contributed by atoms with van der Waals surface area (Å²) in [5.74, 6) is -0.0391. The number of ketones is 2. The molecule has 0 bridgehead atoms. The van der Waals surface area contributed by atoms with Crippen molar-refractivity contribution in [3.8, 4) is 0 Å². The third kappa shape index (κ3) is 3.88. The quantitative estimate of drug-likeness (QED) is 0.687. The SMILES string of the molecule is CN1CCC(NC=C2C(=O)CC(c3ccccc3)CC2=O)CC1. The second-order valence-corrected chi connectivity index (χ2v) is 6.66. The summed E-state index contributed by atoms with van der Waals surface area (Å²) < 4.78 is 0. The van der Waals surface area contributed by atoms with Crippen LogP contribution in [-0.4, -0.2) is 42.6 Å². The second-order valence-electron chi connectivity index (χ2n) is 6.66. The lowest BCUT2D eigenvalue weighted by Gasteiger charge is -2.29. The van der Waals surface area contributed by atoms with E-state index < -0.39 is 0 Å².